The van der Waals surface area contributed by atoms with Crippen LogP contribution in [0.1, 0.15) is 23.0 Å². The lowest BCUT2D eigenvalue weighted by atomic mass is 10.3. The molecule has 25 heavy (non-hydrogen) atoms. The van der Waals surface area contributed by atoms with E-state index in [0.717, 1.165) is 22.7 Å². The molecule has 0 radical (unpaired) electrons. The normalized spacial score (nSPS) is 10.6. The molecule has 0 aliphatic carbocycles. The summed E-state index contributed by atoms with van der Waals surface area (Å²) >= 11 is 0. The van der Waals surface area contributed by atoms with Crippen LogP contribution in [0.3, 0.4) is 0 Å². The van der Waals surface area contributed by atoms with E-state index in [4.69, 9.17) is 9.47 Å². The summed E-state index contributed by atoms with van der Waals surface area (Å²) in [5.74, 6) is 1.34. The summed E-state index contributed by atoms with van der Waals surface area (Å²) in [5, 5.41) is 2.81. The minimum Gasteiger partial charge on any atom is -0.494 e. The van der Waals surface area contributed by atoms with E-state index in [1.54, 1.807) is 6.20 Å². The number of amides is 1. The number of rotatable bonds is 7. The number of hydrogen-bond acceptors (Lipinski definition) is 4. The molecule has 3 rings (SSSR count). The number of hydrogen-bond donors (Lipinski definition) is 1. The molecule has 1 N–H and O–H groups in total. The van der Waals surface area contributed by atoms with Crippen molar-refractivity contribution in [2.45, 2.75) is 13.8 Å². The number of nitrogens with one attached hydrogen (secondary N) is 1. The SMILES string of the molecule is CCOc1ccc(OCCNC(=O)c2cn3ccc(C)cc3n2)cc1. The van der Waals surface area contributed by atoms with Gasteiger partial charge in [-0.25, -0.2) is 4.98 Å². The highest BCUT2D eigenvalue weighted by molar-refractivity contribution is 5.92. The molecule has 0 fully saturated rings. The topological polar surface area (TPSA) is 64.9 Å². The smallest absolute Gasteiger partial charge is 0.271 e. The van der Waals surface area contributed by atoms with E-state index in [1.807, 2.05) is 60.8 Å². The van der Waals surface area contributed by atoms with Crippen molar-refractivity contribution in [1.82, 2.24) is 14.7 Å². The first-order chi connectivity index (χ1) is 12.2. The van der Waals surface area contributed by atoms with Crippen molar-refractivity contribution in [2.24, 2.45) is 0 Å². The summed E-state index contributed by atoms with van der Waals surface area (Å²) in [5.41, 5.74) is 2.26. The fourth-order valence-corrected chi connectivity index (χ4v) is 2.42. The number of benzene rings is 1. The van der Waals surface area contributed by atoms with Gasteiger partial charge in [-0.3, -0.25) is 4.79 Å². The molecule has 0 aliphatic rings. The van der Waals surface area contributed by atoms with Gasteiger partial charge in [0, 0.05) is 12.4 Å². The lowest BCUT2D eigenvalue weighted by molar-refractivity contribution is 0.0942. The number of pyridine rings is 1. The summed E-state index contributed by atoms with van der Waals surface area (Å²) in [6, 6.07) is 11.3. The number of ether oxygens (including phenoxy) is 2. The number of aromatic nitrogens is 2. The average Bonchev–Trinajstić information content (AvgIpc) is 3.03. The first-order valence-corrected chi connectivity index (χ1v) is 8.25. The van der Waals surface area contributed by atoms with Crippen molar-refractivity contribution in [3.8, 4) is 11.5 Å². The van der Waals surface area contributed by atoms with Gasteiger partial charge < -0.3 is 19.2 Å². The first-order valence-electron chi connectivity index (χ1n) is 8.25. The van der Waals surface area contributed by atoms with E-state index >= 15 is 0 Å². The number of carbonyl (C=O) groups excluding carboxylic acids is 1. The Morgan fingerprint density at radius 1 is 1.16 bits per heavy atom. The number of fused-ring (bicyclic) bond motifs is 1. The lowest BCUT2D eigenvalue weighted by Crippen LogP contribution is -2.28. The van der Waals surface area contributed by atoms with Gasteiger partial charge in [0.25, 0.3) is 5.91 Å². The maximum atomic E-state index is 12.2. The Morgan fingerprint density at radius 2 is 1.88 bits per heavy atom. The minimum absolute atomic E-state index is 0.211. The van der Waals surface area contributed by atoms with Crippen LogP contribution in [-0.4, -0.2) is 35.1 Å². The third-order valence-electron chi connectivity index (χ3n) is 3.64. The van der Waals surface area contributed by atoms with Gasteiger partial charge in [-0.15, -0.1) is 0 Å². The van der Waals surface area contributed by atoms with Crippen molar-refractivity contribution in [2.75, 3.05) is 19.8 Å². The van der Waals surface area contributed by atoms with E-state index in [9.17, 15) is 4.79 Å². The molecule has 0 aliphatic heterocycles. The van der Waals surface area contributed by atoms with Gasteiger partial charge in [0.05, 0.1) is 13.2 Å². The van der Waals surface area contributed by atoms with Crippen LogP contribution in [0, 0.1) is 6.92 Å². The summed E-state index contributed by atoms with van der Waals surface area (Å²) in [6.07, 6.45) is 3.61. The molecule has 2 aromatic heterocycles. The molecule has 6 nitrogen and oxygen atoms in total. The molecule has 0 saturated heterocycles. The second-order valence-electron chi connectivity index (χ2n) is 5.60. The molecule has 0 bridgehead atoms. The van der Waals surface area contributed by atoms with Crippen LogP contribution in [-0.2, 0) is 0 Å². The first kappa shape index (κ1) is 16.8. The fourth-order valence-electron chi connectivity index (χ4n) is 2.42. The maximum absolute atomic E-state index is 12.2. The molecule has 3 aromatic rings. The number of nitrogens with zero attached hydrogens (tertiary/aromatic N) is 2. The van der Waals surface area contributed by atoms with Gasteiger partial charge >= 0.3 is 0 Å². The van der Waals surface area contributed by atoms with Gasteiger partial charge in [-0.05, 0) is 55.8 Å². The van der Waals surface area contributed by atoms with Crippen LogP contribution in [0.4, 0.5) is 0 Å². The third kappa shape index (κ3) is 4.29. The lowest BCUT2D eigenvalue weighted by Gasteiger charge is -2.08. The number of carbonyl (C=O) groups is 1. The molecule has 0 saturated carbocycles. The van der Waals surface area contributed by atoms with Crippen molar-refractivity contribution in [3.05, 3.63) is 60.0 Å². The third-order valence-corrected chi connectivity index (χ3v) is 3.64. The van der Waals surface area contributed by atoms with Gasteiger partial charge in [0.1, 0.15) is 29.4 Å². The standard InChI is InChI=1S/C19H21N3O3/c1-3-24-15-4-6-16(7-5-15)25-11-9-20-19(23)17-13-22-10-8-14(2)12-18(22)21-17/h4-8,10,12-13H,3,9,11H2,1-2H3,(H,20,23). The van der Waals surface area contributed by atoms with E-state index in [0.29, 0.717) is 25.5 Å². The molecule has 1 aromatic carbocycles. The quantitative estimate of drug-likeness (QED) is 0.672. The van der Waals surface area contributed by atoms with Gasteiger partial charge in [0.15, 0.2) is 0 Å². The number of aryl methyl sites for hydroxylation is 1. The van der Waals surface area contributed by atoms with Crippen LogP contribution in [0.15, 0.2) is 48.8 Å². The van der Waals surface area contributed by atoms with Gasteiger partial charge in [0.2, 0.25) is 0 Å². The van der Waals surface area contributed by atoms with Crippen LogP contribution in [0.5, 0.6) is 11.5 Å². The van der Waals surface area contributed by atoms with Crippen LogP contribution in [0.25, 0.3) is 5.65 Å². The summed E-state index contributed by atoms with van der Waals surface area (Å²) in [7, 11) is 0. The zero-order chi connectivity index (χ0) is 17.6. The van der Waals surface area contributed by atoms with Crippen molar-refractivity contribution in [1.29, 1.82) is 0 Å². The minimum atomic E-state index is -0.211. The Bertz CT molecular complexity index is 856. The molecule has 6 heteroatoms. The van der Waals surface area contributed by atoms with E-state index < -0.39 is 0 Å². The zero-order valence-electron chi connectivity index (χ0n) is 14.4. The van der Waals surface area contributed by atoms with Crippen LogP contribution >= 0.6 is 0 Å². The largest absolute Gasteiger partial charge is 0.494 e. The van der Waals surface area contributed by atoms with E-state index in [-0.39, 0.29) is 5.91 Å². The maximum Gasteiger partial charge on any atom is 0.271 e. The van der Waals surface area contributed by atoms with E-state index in [1.165, 1.54) is 0 Å². The molecule has 130 valence electrons. The highest BCUT2D eigenvalue weighted by atomic mass is 16.5. The Hall–Kier alpha value is -3.02. The predicted molar refractivity (Wildman–Crippen MR) is 95.4 cm³/mol. The highest BCUT2D eigenvalue weighted by Gasteiger charge is 2.10. The zero-order valence-corrected chi connectivity index (χ0v) is 14.4. The molecular formula is C19H21N3O3. The second-order valence-corrected chi connectivity index (χ2v) is 5.60. The molecule has 2 heterocycles. The van der Waals surface area contributed by atoms with Crippen LogP contribution < -0.4 is 14.8 Å². The average molecular weight is 339 g/mol. The summed E-state index contributed by atoms with van der Waals surface area (Å²) in [4.78, 5) is 16.5. The molecule has 0 spiro atoms. The summed E-state index contributed by atoms with van der Waals surface area (Å²) < 4.78 is 12.8. The number of imidazole rings is 1. The Balaban J connectivity index is 1.48. The fraction of sp³-hybridized carbons (Fsp3) is 0.263. The molecule has 0 atom stereocenters. The Morgan fingerprint density at radius 3 is 2.60 bits per heavy atom. The van der Waals surface area contributed by atoms with Gasteiger partial charge in [-0.2, -0.15) is 0 Å². The highest BCUT2D eigenvalue weighted by Crippen LogP contribution is 2.17. The Kier molecular flexibility index (Phi) is 5.18. The second kappa shape index (κ2) is 7.70. The van der Waals surface area contributed by atoms with Gasteiger partial charge in [-0.1, -0.05) is 0 Å². The molecule has 0 unspecified atom stereocenters. The van der Waals surface area contributed by atoms with Crippen LogP contribution in [0.2, 0.25) is 0 Å². The van der Waals surface area contributed by atoms with Crippen molar-refractivity contribution in [3.63, 3.8) is 0 Å². The van der Waals surface area contributed by atoms with Crippen molar-refractivity contribution >= 4 is 11.6 Å². The molecular weight excluding hydrogens is 318 g/mol. The van der Waals surface area contributed by atoms with Crippen molar-refractivity contribution < 1.29 is 14.3 Å². The Labute approximate surface area is 146 Å². The predicted octanol–water partition coefficient (Wildman–Crippen LogP) is 2.85. The van der Waals surface area contributed by atoms with E-state index in [2.05, 4.69) is 10.3 Å². The summed E-state index contributed by atoms with van der Waals surface area (Å²) in [6.45, 7) is 5.35. The monoisotopic (exact) mass is 339 g/mol. The molecule has 1 amide bonds.